The second-order valence-electron chi connectivity index (χ2n) is 4.64. The van der Waals surface area contributed by atoms with E-state index in [0.29, 0.717) is 5.56 Å². The number of aryl methyl sites for hydroxylation is 2. The summed E-state index contributed by atoms with van der Waals surface area (Å²) < 4.78 is 13.6. The molecule has 0 aromatic heterocycles. The number of halogens is 1. The summed E-state index contributed by atoms with van der Waals surface area (Å²) in [5, 5.41) is 3.13. The van der Waals surface area contributed by atoms with Gasteiger partial charge in [-0.1, -0.05) is 24.3 Å². The molecule has 0 saturated heterocycles. The lowest BCUT2D eigenvalue weighted by molar-refractivity contribution is 0.619. The van der Waals surface area contributed by atoms with Gasteiger partial charge in [0.25, 0.3) is 0 Å². The maximum Gasteiger partial charge on any atom is 0.126 e. The van der Waals surface area contributed by atoms with Gasteiger partial charge in [0, 0.05) is 6.54 Å². The first-order valence-electron chi connectivity index (χ1n) is 6.12. The molecule has 0 saturated carbocycles. The van der Waals surface area contributed by atoms with Crippen LogP contribution in [0.5, 0.6) is 0 Å². The normalized spacial score (nSPS) is 10.7. The van der Waals surface area contributed by atoms with Crippen LogP contribution in [0.3, 0.4) is 0 Å². The predicted molar refractivity (Wildman–Crippen MR) is 74.1 cm³/mol. The Labute approximate surface area is 108 Å². The van der Waals surface area contributed by atoms with Crippen LogP contribution in [0.2, 0.25) is 0 Å². The van der Waals surface area contributed by atoms with Crippen LogP contribution in [0.25, 0.3) is 11.1 Å². The van der Waals surface area contributed by atoms with E-state index in [2.05, 4.69) is 30.4 Å². The molecule has 0 atom stereocenters. The van der Waals surface area contributed by atoms with Crippen LogP contribution >= 0.6 is 0 Å². The van der Waals surface area contributed by atoms with Crippen molar-refractivity contribution in [2.24, 2.45) is 0 Å². The smallest absolute Gasteiger partial charge is 0.126 e. The molecule has 18 heavy (non-hydrogen) atoms. The van der Waals surface area contributed by atoms with Crippen molar-refractivity contribution in [1.29, 1.82) is 0 Å². The van der Waals surface area contributed by atoms with Crippen molar-refractivity contribution >= 4 is 0 Å². The van der Waals surface area contributed by atoms with E-state index in [1.807, 2.05) is 19.2 Å². The Morgan fingerprint density at radius 3 is 2.39 bits per heavy atom. The summed E-state index contributed by atoms with van der Waals surface area (Å²) in [5.41, 5.74) is 5.09. The molecule has 0 bridgehead atoms. The number of nitrogens with one attached hydrogen (secondary N) is 1. The zero-order chi connectivity index (χ0) is 13.1. The summed E-state index contributed by atoms with van der Waals surface area (Å²) >= 11 is 0. The third-order valence-corrected chi connectivity index (χ3v) is 3.17. The maximum atomic E-state index is 13.6. The first kappa shape index (κ1) is 12.8. The predicted octanol–water partition coefficient (Wildman–Crippen LogP) is 3.83. The molecule has 0 spiro atoms. The van der Waals surface area contributed by atoms with Crippen LogP contribution in [0.1, 0.15) is 16.7 Å². The van der Waals surface area contributed by atoms with Crippen LogP contribution in [0.4, 0.5) is 4.39 Å². The maximum absolute atomic E-state index is 13.6. The van der Waals surface area contributed by atoms with E-state index in [0.717, 1.165) is 23.2 Å². The number of benzene rings is 2. The molecule has 0 radical (unpaired) electrons. The minimum Gasteiger partial charge on any atom is -0.316 e. The molecule has 1 N–H and O–H groups in total. The third kappa shape index (κ3) is 2.59. The Balaban J connectivity index is 2.48. The molecule has 0 aliphatic heterocycles. The standard InChI is InChI=1S/C16H18FN/c1-11-4-6-13(10-18-3)8-15(11)14-7-5-12(2)16(17)9-14/h4-9,18H,10H2,1-3H3. The molecule has 0 fully saturated rings. The van der Waals surface area contributed by atoms with Gasteiger partial charge in [0.2, 0.25) is 0 Å². The first-order chi connectivity index (χ1) is 8.61. The Hall–Kier alpha value is -1.67. The van der Waals surface area contributed by atoms with Gasteiger partial charge in [-0.2, -0.15) is 0 Å². The van der Waals surface area contributed by atoms with Crippen LogP contribution in [-0.2, 0) is 6.54 Å². The van der Waals surface area contributed by atoms with Crippen molar-refractivity contribution in [3.05, 3.63) is 58.9 Å². The van der Waals surface area contributed by atoms with Gasteiger partial charge in [0.1, 0.15) is 5.82 Å². The highest BCUT2D eigenvalue weighted by Crippen LogP contribution is 2.26. The third-order valence-electron chi connectivity index (χ3n) is 3.17. The van der Waals surface area contributed by atoms with Crippen molar-refractivity contribution in [2.75, 3.05) is 7.05 Å². The molecule has 0 unspecified atom stereocenters. The Morgan fingerprint density at radius 2 is 1.72 bits per heavy atom. The summed E-state index contributed by atoms with van der Waals surface area (Å²) in [4.78, 5) is 0. The highest BCUT2D eigenvalue weighted by atomic mass is 19.1. The van der Waals surface area contributed by atoms with E-state index in [-0.39, 0.29) is 5.82 Å². The summed E-state index contributed by atoms with van der Waals surface area (Å²) in [7, 11) is 1.92. The molecule has 2 rings (SSSR count). The quantitative estimate of drug-likeness (QED) is 0.864. The van der Waals surface area contributed by atoms with Crippen LogP contribution < -0.4 is 5.32 Å². The summed E-state index contributed by atoms with van der Waals surface area (Å²) in [5.74, 6) is -0.147. The molecule has 0 amide bonds. The lowest BCUT2D eigenvalue weighted by atomic mass is 9.97. The summed E-state index contributed by atoms with van der Waals surface area (Å²) in [6, 6.07) is 11.7. The van der Waals surface area contributed by atoms with Gasteiger partial charge < -0.3 is 5.32 Å². The zero-order valence-electron chi connectivity index (χ0n) is 11.0. The molecule has 2 heteroatoms. The topological polar surface area (TPSA) is 12.0 Å². The van der Waals surface area contributed by atoms with Gasteiger partial charge in [-0.15, -0.1) is 0 Å². The summed E-state index contributed by atoms with van der Waals surface area (Å²) in [6.07, 6.45) is 0. The zero-order valence-corrected chi connectivity index (χ0v) is 11.0. The van der Waals surface area contributed by atoms with Gasteiger partial charge in [-0.05, 0) is 60.8 Å². The number of rotatable bonds is 3. The molecular formula is C16H18FN. The van der Waals surface area contributed by atoms with Crippen LogP contribution in [-0.4, -0.2) is 7.05 Å². The number of hydrogen-bond donors (Lipinski definition) is 1. The molecule has 2 aromatic rings. The fraction of sp³-hybridized carbons (Fsp3) is 0.250. The van der Waals surface area contributed by atoms with Crippen molar-refractivity contribution in [1.82, 2.24) is 5.32 Å². The van der Waals surface area contributed by atoms with Gasteiger partial charge in [-0.3, -0.25) is 0 Å². The Morgan fingerprint density at radius 1 is 1.00 bits per heavy atom. The highest BCUT2D eigenvalue weighted by molar-refractivity contribution is 5.68. The van der Waals surface area contributed by atoms with E-state index in [4.69, 9.17) is 0 Å². The van der Waals surface area contributed by atoms with Crippen LogP contribution in [0, 0.1) is 19.7 Å². The Bertz CT molecular complexity index is 561. The van der Waals surface area contributed by atoms with E-state index in [9.17, 15) is 4.39 Å². The molecule has 94 valence electrons. The van der Waals surface area contributed by atoms with E-state index < -0.39 is 0 Å². The van der Waals surface area contributed by atoms with Gasteiger partial charge in [-0.25, -0.2) is 4.39 Å². The van der Waals surface area contributed by atoms with Crippen LogP contribution in [0.15, 0.2) is 36.4 Å². The second-order valence-corrected chi connectivity index (χ2v) is 4.64. The minimum absolute atomic E-state index is 0.147. The molecule has 1 nitrogen and oxygen atoms in total. The number of hydrogen-bond acceptors (Lipinski definition) is 1. The molecule has 0 heterocycles. The second kappa shape index (κ2) is 5.32. The molecular weight excluding hydrogens is 225 g/mol. The van der Waals surface area contributed by atoms with Crippen molar-refractivity contribution in [2.45, 2.75) is 20.4 Å². The average molecular weight is 243 g/mol. The van der Waals surface area contributed by atoms with E-state index in [1.54, 1.807) is 13.0 Å². The van der Waals surface area contributed by atoms with Gasteiger partial charge in [0.05, 0.1) is 0 Å². The van der Waals surface area contributed by atoms with Crippen molar-refractivity contribution < 1.29 is 4.39 Å². The Kier molecular flexibility index (Phi) is 3.78. The lowest BCUT2D eigenvalue weighted by Gasteiger charge is -2.10. The van der Waals surface area contributed by atoms with E-state index in [1.165, 1.54) is 5.56 Å². The monoisotopic (exact) mass is 243 g/mol. The van der Waals surface area contributed by atoms with Crippen molar-refractivity contribution in [3.63, 3.8) is 0 Å². The fourth-order valence-corrected chi connectivity index (χ4v) is 2.05. The summed E-state index contributed by atoms with van der Waals surface area (Å²) in [6.45, 7) is 4.65. The average Bonchev–Trinajstić information content (AvgIpc) is 2.35. The van der Waals surface area contributed by atoms with Gasteiger partial charge >= 0.3 is 0 Å². The lowest BCUT2D eigenvalue weighted by Crippen LogP contribution is -2.05. The van der Waals surface area contributed by atoms with Gasteiger partial charge in [0.15, 0.2) is 0 Å². The minimum atomic E-state index is -0.147. The molecule has 2 aromatic carbocycles. The highest BCUT2D eigenvalue weighted by Gasteiger charge is 2.06. The molecule has 0 aliphatic carbocycles. The first-order valence-corrected chi connectivity index (χ1v) is 6.12. The van der Waals surface area contributed by atoms with Crippen molar-refractivity contribution in [3.8, 4) is 11.1 Å². The molecule has 0 aliphatic rings. The SMILES string of the molecule is CNCc1ccc(C)c(-c2ccc(C)c(F)c2)c1. The van der Waals surface area contributed by atoms with E-state index >= 15 is 0 Å². The fourth-order valence-electron chi connectivity index (χ4n) is 2.05. The largest absolute Gasteiger partial charge is 0.316 e.